The molecule has 1 aromatic rings. The lowest BCUT2D eigenvalue weighted by Crippen LogP contribution is -2.29. The number of aryl methyl sites for hydroxylation is 2. The van der Waals surface area contributed by atoms with Crippen LogP contribution in [0.3, 0.4) is 0 Å². The summed E-state index contributed by atoms with van der Waals surface area (Å²) >= 11 is 1.15. The fourth-order valence-electron chi connectivity index (χ4n) is 2.69. The van der Waals surface area contributed by atoms with Crippen molar-refractivity contribution in [1.82, 2.24) is 0 Å². The van der Waals surface area contributed by atoms with Crippen molar-refractivity contribution < 1.29 is 9.59 Å². The van der Waals surface area contributed by atoms with Crippen LogP contribution in [-0.4, -0.2) is 15.6 Å². The number of hydrogen-bond acceptors (Lipinski definition) is 3. The molecule has 1 fully saturated rings. The Morgan fingerprint density at radius 3 is 2.55 bits per heavy atom. The van der Waals surface area contributed by atoms with E-state index in [1.807, 2.05) is 26.8 Å². The van der Waals surface area contributed by atoms with E-state index < -0.39 is 10.7 Å². The summed E-state index contributed by atoms with van der Waals surface area (Å²) in [7, 11) is 0. The van der Waals surface area contributed by atoms with Gasteiger partial charge in [-0.25, -0.2) is 0 Å². The zero-order valence-corrected chi connectivity index (χ0v) is 14.2. The average molecular weight is 314 g/mol. The summed E-state index contributed by atoms with van der Waals surface area (Å²) in [4.78, 5) is 24.9. The van der Waals surface area contributed by atoms with Gasteiger partial charge in [0.2, 0.25) is 5.12 Å². The van der Waals surface area contributed by atoms with Gasteiger partial charge in [-0.15, -0.1) is 0 Å². The highest BCUT2D eigenvalue weighted by atomic mass is 32.2. The minimum absolute atomic E-state index is 0.00674. The van der Waals surface area contributed by atoms with Crippen molar-refractivity contribution in [1.29, 1.82) is 0 Å². The number of thioether (sulfide) groups is 1. The maximum Gasteiger partial charge on any atom is 0.200 e. The van der Waals surface area contributed by atoms with Crippen LogP contribution in [0.1, 0.15) is 31.4 Å². The number of hydrogen-bond donors (Lipinski definition) is 0. The van der Waals surface area contributed by atoms with Gasteiger partial charge >= 0.3 is 0 Å². The largest absolute Gasteiger partial charge is 0.297 e. The van der Waals surface area contributed by atoms with Gasteiger partial charge in [0.05, 0.1) is 10.7 Å². The van der Waals surface area contributed by atoms with Crippen LogP contribution < -0.4 is 0 Å². The van der Waals surface area contributed by atoms with Gasteiger partial charge in [-0.05, 0) is 39.2 Å². The van der Waals surface area contributed by atoms with Crippen LogP contribution >= 0.6 is 11.8 Å². The number of Topliss-reactive ketones (excluding diaryl/α,β-unsaturated/α-hetero) is 1. The van der Waals surface area contributed by atoms with Gasteiger partial charge in [0.15, 0.2) is 5.78 Å². The lowest BCUT2D eigenvalue weighted by Gasteiger charge is -2.16. The first-order chi connectivity index (χ1) is 10.4. The maximum absolute atomic E-state index is 12.6. The van der Waals surface area contributed by atoms with E-state index in [0.29, 0.717) is 6.42 Å². The first-order valence-corrected chi connectivity index (χ1v) is 8.32. The van der Waals surface area contributed by atoms with E-state index in [0.717, 1.165) is 23.8 Å². The Morgan fingerprint density at radius 2 is 1.95 bits per heavy atom. The molecule has 0 saturated carbocycles. The van der Waals surface area contributed by atoms with Crippen LogP contribution in [0.15, 0.2) is 48.6 Å². The average Bonchev–Trinajstić information content (AvgIpc) is 2.68. The van der Waals surface area contributed by atoms with E-state index in [1.165, 1.54) is 11.1 Å². The number of rotatable bonds is 5. The molecule has 3 heteroatoms. The molecule has 1 saturated heterocycles. The highest BCUT2D eigenvalue weighted by molar-refractivity contribution is 8.16. The third kappa shape index (κ3) is 3.58. The second kappa shape index (κ2) is 6.66. The Hall–Kier alpha value is -1.61. The predicted molar refractivity (Wildman–Crippen MR) is 93.0 cm³/mol. The van der Waals surface area contributed by atoms with Crippen molar-refractivity contribution in [2.24, 2.45) is 5.92 Å². The molecule has 0 bridgehead atoms. The summed E-state index contributed by atoms with van der Waals surface area (Å²) in [6.07, 6.45) is 4.91. The molecule has 0 aliphatic carbocycles. The molecular formula is C19H22O2S. The molecule has 1 heterocycles. The lowest BCUT2D eigenvalue weighted by molar-refractivity contribution is -0.127. The van der Waals surface area contributed by atoms with Gasteiger partial charge in [0.25, 0.3) is 0 Å². The third-order valence-electron chi connectivity index (χ3n) is 4.07. The quantitative estimate of drug-likeness (QED) is 0.601. The molecule has 0 spiro atoms. The van der Waals surface area contributed by atoms with Crippen LogP contribution in [0.2, 0.25) is 0 Å². The van der Waals surface area contributed by atoms with Crippen LogP contribution in [0.25, 0.3) is 0 Å². The monoisotopic (exact) mass is 314 g/mol. The molecule has 22 heavy (non-hydrogen) atoms. The molecule has 0 radical (unpaired) electrons. The number of carbonyl (C=O) groups is 2. The molecule has 1 aliphatic rings. The molecule has 1 unspecified atom stereocenters. The highest BCUT2D eigenvalue weighted by Gasteiger charge is 2.49. The van der Waals surface area contributed by atoms with Gasteiger partial charge < -0.3 is 0 Å². The van der Waals surface area contributed by atoms with Gasteiger partial charge in [-0.3, -0.25) is 9.59 Å². The molecular weight excluding hydrogens is 292 g/mol. The summed E-state index contributed by atoms with van der Waals surface area (Å²) in [5.41, 5.74) is 3.31. The smallest absolute Gasteiger partial charge is 0.200 e. The molecule has 2 nitrogen and oxygen atoms in total. The molecule has 0 aromatic heterocycles. The van der Waals surface area contributed by atoms with Crippen molar-refractivity contribution in [3.05, 3.63) is 59.7 Å². The zero-order chi connectivity index (χ0) is 16.3. The molecule has 2 atom stereocenters. The van der Waals surface area contributed by atoms with Crippen molar-refractivity contribution in [2.75, 3.05) is 0 Å². The summed E-state index contributed by atoms with van der Waals surface area (Å²) in [5, 5.41) is -0.00674. The van der Waals surface area contributed by atoms with E-state index in [1.54, 1.807) is 6.08 Å². The van der Waals surface area contributed by atoms with Crippen LogP contribution in [-0.2, 0) is 16.0 Å². The Labute approximate surface area is 136 Å². The van der Waals surface area contributed by atoms with E-state index in [9.17, 15) is 9.59 Å². The van der Waals surface area contributed by atoms with Crippen LogP contribution in [0, 0.1) is 12.8 Å². The summed E-state index contributed by atoms with van der Waals surface area (Å²) in [5.74, 6) is -0.471. The van der Waals surface area contributed by atoms with E-state index in [2.05, 4.69) is 30.8 Å². The third-order valence-corrected chi connectivity index (χ3v) is 5.30. The van der Waals surface area contributed by atoms with E-state index in [-0.39, 0.29) is 10.9 Å². The first-order valence-electron chi connectivity index (χ1n) is 7.50. The van der Waals surface area contributed by atoms with Gasteiger partial charge in [-0.1, -0.05) is 65.9 Å². The number of ketones is 1. The SMILES string of the molecule is C=C/C(C)=C/[C@@]1(C)SC(=O)C(CCc2ccc(C)cc2)C1=O. The van der Waals surface area contributed by atoms with Crippen molar-refractivity contribution in [2.45, 2.75) is 38.4 Å². The first kappa shape index (κ1) is 16.8. The van der Waals surface area contributed by atoms with Gasteiger partial charge in [0.1, 0.15) is 0 Å². The fraction of sp³-hybridized carbons (Fsp3) is 0.368. The van der Waals surface area contributed by atoms with Gasteiger partial charge in [-0.2, -0.15) is 0 Å². The Balaban J connectivity index is 2.09. The Bertz CT molecular complexity index is 627. The molecule has 0 N–H and O–H groups in total. The molecule has 2 rings (SSSR count). The topological polar surface area (TPSA) is 34.1 Å². The molecule has 0 amide bonds. The van der Waals surface area contributed by atoms with Crippen molar-refractivity contribution in [3.63, 3.8) is 0 Å². The molecule has 116 valence electrons. The van der Waals surface area contributed by atoms with Crippen LogP contribution in [0.5, 0.6) is 0 Å². The zero-order valence-electron chi connectivity index (χ0n) is 13.4. The molecule has 1 aliphatic heterocycles. The number of benzene rings is 1. The standard InChI is InChI=1S/C19H22O2S/c1-5-13(2)12-19(4)17(20)16(18(21)22-19)11-10-15-8-6-14(3)7-9-15/h5-9,12,16H,1,10-11H2,2-4H3/b13-12+/t16?,19-/m1/s1. The summed E-state index contributed by atoms with van der Waals surface area (Å²) in [6.45, 7) is 9.48. The van der Waals surface area contributed by atoms with Crippen molar-refractivity contribution >= 4 is 22.7 Å². The second-order valence-electron chi connectivity index (χ2n) is 6.06. The fourth-order valence-corrected chi connectivity index (χ4v) is 3.96. The lowest BCUT2D eigenvalue weighted by atomic mass is 9.89. The Kier molecular flexibility index (Phi) is 5.07. The minimum Gasteiger partial charge on any atom is -0.297 e. The maximum atomic E-state index is 12.6. The predicted octanol–water partition coefficient (Wildman–Crippen LogP) is 4.28. The van der Waals surface area contributed by atoms with Gasteiger partial charge in [0, 0.05) is 0 Å². The number of carbonyl (C=O) groups excluding carboxylic acids is 2. The summed E-state index contributed by atoms with van der Waals surface area (Å²) < 4.78 is -0.743. The molecule has 1 aromatic carbocycles. The minimum atomic E-state index is -0.743. The summed E-state index contributed by atoms with van der Waals surface area (Å²) in [6, 6.07) is 8.24. The van der Waals surface area contributed by atoms with E-state index in [4.69, 9.17) is 0 Å². The van der Waals surface area contributed by atoms with Crippen molar-refractivity contribution in [3.8, 4) is 0 Å². The highest BCUT2D eigenvalue weighted by Crippen LogP contribution is 2.43. The Morgan fingerprint density at radius 1 is 1.32 bits per heavy atom. The van der Waals surface area contributed by atoms with Crippen LogP contribution in [0.4, 0.5) is 0 Å². The normalized spacial score (nSPS) is 25.6. The number of allylic oxidation sites excluding steroid dienone is 2. The van der Waals surface area contributed by atoms with E-state index >= 15 is 0 Å². The second-order valence-corrected chi connectivity index (χ2v) is 7.52.